The first-order chi connectivity index (χ1) is 9.31. The van der Waals surface area contributed by atoms with Crippen LogP contribution in [0.25, 0.3) is 5.57 Å². The summed E-state index contributed by atoms with van der Waals surface area (Å²) in [6.07, 6.45) is 5.98. The molecule has 0 spiro atoms. The fraction of sp³-hybridized carbons (Fsp3) is 0.222. The highest BCUT2D eigenvalue weighted by atomic mass is 79.9. The van der Waals surface area contributed by atoms with E-state index in [0.717, 1.165) is 10.9 Å². The van der Waals surface area contributed by atoms with Crippen molar-refractivity contribution in [3.05, 3.63) is 76.3 Å². The van der Waals surface area contributed by atoms with Gasteiger partial charge in [0.05, 0.1) is 0 Å². The van der Waals surface area contributed by atoms with Crippen LogP contribution >= 0.6 is 15.9 Å². The van der Waals surface area contributed by atoms with Crippen molar-refractivity contribution < 1.29 is 0 Å². The van der Waals surface area contributed by atoms with E-state index >= 15 is 0 Å². The Morgan fingerprint density at radius 3 is 2.21 bits per heavy atom. The van der Waals surface area contributed by atoms with Crippen molar-refractivity contribution in [1.29, 1.82) is 0 Å². The largest absolute Gasteiger partial charge is 0.0761 e. The molecule has 0 radical (unpaired) electrons. The average molecular weight is 315 g/mol. The fourth-order valence-electron chi connectivity index (χ4n) is 2.10. The van der Waals surface area contributed by atoms with Crippen LogP contribution in [0.2, 0.25) is 0 Å². The summed E-state index contributed by atoms with van der Waals surface area (Å²) < 4.78 is 1.12. The highest BCUT2D eigenvalue weighted by molar-refractivity contribution is 9.10. The first-order valence-electron chi connectivity index (χ1n) is 6.83. The molecule has 0 saturated heterocycles. The van der Waals surface area contributed by atoms with Crippen LogP contribution in [0.1, 0.15) is 37.3 Å². The molecule has 0 amide bonds. The molecule has 19 heavy (non-hydrogen) atoms. The van der Waals surface area contributed by atoms with Gasteiger partial charge in [0.1, 0.15) is 0 Å². The molecule has 0 saturated carbocycles. The molecule has 2 rings (SSSR count). The SMILES string of the molecule is CCCCC=C(c1ccccc1)c1ccc(Br)cc1. The molecule has 0 bridgehead atoms. The van der Waals surface area contributed by atoms with E-state index in [1.54, 1.807) is 0 Å². The lowest BCUT2D eigenvalue weighted by Gasteiger charge is -2.09. The fourth-order valence-corrected chi connectivity index (χ4v) is 2.36. The van der Waals surface area contributed by atoms with Crippen LogP contribution in [0.5, 0.6) is 0 Å². The Morgan fingerprint density at radius 2 is 1.58 bits per heavy atom. The highest BCUT2D eigenvalue weighted by Gasteiger charge is 2.04. The number of rotatable bonds is 5. The Morgan fingerprint density at radius 1 is 0.947 bits per heavy atom. The van der Waals surface area contributed by atoms with Gasteiger partial charge in [-0.1, -0.05) is 84.2 Å². The maximum Gasteiger partial charge on any atom is 0.0175 e. The zero-order valence-corrected chi connectivity index (χ0v) is 12.9. The molecule has 0 fully saturated rings. The average Bonchev–Trinajstić information content (AvgIpc) is 2.46. The highest BCUT2D eigenvalue weighted by Crippen LogP contribution is 2.25. The molecule has 0 heterocycles. The summed E-state index contributed by atoms with van der Waals surface area (Å²) >= 11 is 3.50. The molecule has 98 valence electrons. The quantitative estimate of drug-likeness (QED) is 0.587. The first-order valence-corrected chi connectivity index (χ1v) is 7.62. The molecule has 0 atom stereocenters. The van der Waals surface area contributed by atoms with E-state index in [0.29, 0.717) is 0 Å². The minimum Gasteiger partial charge on any atom is -0.0761 e. The molecule has 1 heteroatoms. The minimum atomic E-state index is 1.12. The van der Waals surface area contributed by atoms with Crippen LogP contribution in [-0.4, -0.2) is 0 Å². The van der Waals surface area contributed by atoms with Crippen molar-refractivity contribution in [3.63, 3.8) is 0 Å². The zero-order valence-electron chi connectivity index (χ0n) is 11.3. The van der Waals surface area contributed by atoms with Crippen LogP contribution < -0.4 is 0 Å². The molecule has 0 aliphatic carbocycles. The second-order valence-electron chi connectivity index (χ2n) is 4.63. The normalized spacial score (nSPS) is 11.6. The zero-order chi connectivity index (χ0) is 13.5. The van der Waals surface area contributed by atoms with Gasteiger partial charge in [-0.2, -0.15) is 0 Å². The lowest BCUT2D eigenvalue weighted by atomic mass is 9.96. The summed E-state index contributed by atoms with van der Waals surface area (Å²) in [6.45, 7) is 2.23. The van der Waals surface area contributed by atoms with E-state index < -0.39 is 0 Å². The molecular formula is C18H19Br. The summed E-state index contributed by atoms with van der Waals surface area (Å²) in [5.41, 5.74) is 3.91. The Labute approximate surface area is 124 Å². The van der Waals surface area contributed by atoms with Crippen LogP contribution in [0.4, 0.5) is 0 Å². The van der Waals surface area contributed by atoms with E-state index in [1.807, 2.05) is 0 Å². The van der Waals surface area contributed by atoms with Gasteiger partial charge in [0.25, 0.3) is 0 Å². The van der Waals surface area contributed by atoms with Gasteiger partial charge in [0.2, 0.25) is 0 Å². The molecule has 2 aromatic carbocycles. The van der Waals surface area contributed by atoms with Crippen LogP contribution in [-0.2, 0) is 0 Å². The summed E-state index contributed by atoms with van der Waals surface area (Å²) in [5, 5.41) is 0. The number of allylic oxidation sites excluding steroid dienone is 1. The van der Waals surface area contributed by atoms with Crippen molar-refractivity contribution in [1.82, 2.24) is 0 Å². The van der Waals surface area contributed by atoms with Gasteiger partial charge >= 0.3 is 0 Å². The van der Waals surface area contributed by atoms with E-state index in [9.17, 15) is 0 Å². The van der Waals surface area contributed by atoms with E-state index in [-0.39, 0.29) is 0 Å². The van der Waals surface area contributed by atoms with Gasteiger partial charge in [0, 0.05) is 4.47 Å². The van der Waals surface area contributed by atoms with Crippen molar-refractivity contribution in [3.8, 4) is 0 Å². The number of benzene rings is 2. The van der Waals surface area contributed by atoms with Crippen molar-refractivity contribution in [2.75, 3.05) is 0 Å². The second kappa shape index (κ2) is 7.30. The van der Waals surface area contributed by atoms with Gasteiger partial charge in [-0.15, -0.1) is 0 Å². The number of unbranched alkanes of at least 4 members (excludes halogenated alkanes) is 2. The lowest BCUT2D eigenvalue weighted by Crippen LogP contribution is -1.88. The summed E-state index contributed by atoms with van der Waals surface area (Å²) in [7, 11) is 0. The third-order valence-corrected chi connectivity index (χ3v) is 3.67. The van der Waals surface area contributed by atoms with Gasteiger partial charge in [0.15, 0.2) is 0 Å². The van der Waals surface area contributed by atoms with Crippen LogP contribution in [0.15, 0.2) is 65.1 Å². The molecule has 0 N–H and O–H groups in total. The summed E-state index contributed by atoms with van der Waals surface area (Å²) in [6, 6.07) is 19.2. The molecule has 0 aliphatic heterocycles. The van der Waals surface area contributed by atoms with Crippen LogP contribution in [0, 0.1) is 0 Å². The predicted octanol–water partition coefficient (Wildman–Crippen LogP) is 6.07. The Hall–Kier alpha value is -1.34. The number of hydrogen-bond donors (Lipinski definition) is 0. The molecule has 0 aromatic heterocycles. The van der Waals surface area contributed by atoms with Gasteiger partial charge in [-0.25, -0.2) is 0 Å². The summed E-state index contributed by atoms with van der Waals surface area (Å²) in [5.74, 6) is 0. The Balaban J connectivity index is 2.34. The molecule has 0 nitrogen and oxygen atoms in total. The monoisotopic (exact) mass is 314 g/mol. The lowest BCUT2D eigenvalue weighted by molar-refractivity contribution is 0.815. The summed E-state index contributed by atoms with van der Waals surface area (Å²) in [4.78, 5) is 0. The van der Waals surface area contributed by atoms with Gasteiger partial charge in [-0.05, 0) is 35.3 Å². The first kappa shape index (κ1) is 14.1. The van der Waals surface area contributed by atoms with E-state index in [2.05, 4.69) is 83.5 Å². The standard InChI is InChI=1S/C18H19Br/c1-2-3-5-10-18(15-8-6-4-7-9-15)16-11-13-17(19)14-12-16/h4,6-14H,2-3,5H2,1H3. The van der Waals surface area contributed by atoms with E-state index in [1.165, 1.54) is 29.5 Å². The predicted molar refractivity (Wildman–Crippen MR) is 87.2 cm³/mol. The number of hydrogen-bond acceptors (Lipinski definition) is 0. The minimum absolute atomic E-state index is 1.12. The topological polar surface area (TPSA) is 0 Å². The van der Waals surface area contributed by atoms with Gasteiger partial charge < -0.3 is 0 Å². The molecular weight excluding hydrogens is 296 g/mol. The Bertz CT molecular complexity index is 523. The van der Waals surface area contributed by atoms with Crippen molar-refractivity contribution in [2.24, 2.45) is 0 Å². The van der Waals surface area contributed by atoms with E-state index in [4.69, 9.17) is 0 Å². The maximum atomic E-state index is 3.50. The smallest absolute Gasteiger partial charge is 0.0175 e. The van der Waals surface area contributed by atoms with Gasteiger partial charge in [-0.3, -0.25) is 0 Å². The maximum absolute atomic E-state index is 3.50. The van der Waals surface area contributed by atoms with Crippen molar-refractivity contribution >= 4 is 21.5 Å². The third kappa shape index (κ3) is 4.07. The second-order valence-corrected chi connectivity index (χ2v) is 5.55. The molecule has 2 aromatic rings. The third-order valence-electron chi connectivity index (χ3n) is 3.15. The van der Waals surface area contributed by atoms with Crippen LogP contribution in [0.3, 0.4) is 0 Å². The molecule has 0 unspecified atom stereocenters. The van der Waals surface area contributed by atoms with Crippen molar-refractivity contribution in [2.45, 2.75) is 26.2 Å². The number of halogens is 1. The Kier molecular flexibility index (Phi) is 5.41. The molecule has 0 aliphatic rings.